The number of carbonyl (C=O) groups is 1. The van der Waals surface area contributed by atoms with Gasteiger partial charge in [0.05, 0.1) is 0 Å². The molecule has 4 nitrogen and oxygen atoms in total. The fourth-order valence-electron chi connectivity index (χ4n) is 5.05. The smallest absolute Gasteiger partial charge is 0.126 e. The molecule has 0 saturated carbocycles. The lowest BCUT2D eigenvalue weighted by Gasteiger charge is -2.28. The maximum Gasteiger partial charge on any atom is 0.126 e. The number of benzene rings is 6. The number of aromatic hydroxyl groups is 3. The second kappa shape index (κ2) is 18.6. The molecule has 0 aliphatic carbocycles. The normalized spacial score (nSPS) is 10.2. The molecule has 6 aromatic rings. The van der Waals surface area contributed by atoms with Crippen LogP contribution in [0, 0.1) is 0 Å². The van der Waals surface area contributed by atoms with E-state index in [4.69, 9.17) is 0 Å². The van der Waals surface area contributed by atoms with Gasteiger partial charge >= 0.3 is 0 Å². The van der Waals surface area contributed by atoms with E-state index in [2.05, 4.69) is 43.8 Å². The molecule has 0 fully saturated rings. The van der Waals surface area contributed by atoms with Gasteiger partial charge in [-0.3, -0.25) is 0 Å². The van der Waals surface area contributed by atoms with Gasteiger partial charge < -0.3 is 20.1 Å². The monoisotopic (exact) mass is 674 g/mol. The molecule has 0 spiro atoms. The van der Waals surface area contributed by atoms with Crippen LogP contribution in [0.4, 0.5) is 0 Å². The first-order chi connectivity index (χ1) is 23.1. The van der Waals surface area contributed by atoms with Gasteiger partial charge in [-0.15, -0.1) is 17.9 Å². The number of carbonyl (C=O) groups excluding carboxylic acids is 1. The molecule has 0 heterocycles. The van der Waals surface area contributed by atoms with Gasteiger partial charge in [0.2, 0.25) is 0 Å². The Kier molecular flexibility index (Phi) is 14.6. The van der Waals surface area contributed by atoms with Crippen molar-refractivity contribution in [1.29, 1.82) is 0 Å². The highest BCUT2D eigenvalue weighted by Crippen LogP contribution is 2.40. The Morgan fingerprint density at radius 1 is 0.458 bits per heavy atom. The number of hydrogen-bond acceptors (Lipinski definition) is 4. The van der Waals surface area contributed by atoms with Crippen molar-refractivity contribution in [1.82, 2.24) is 0 Å². The van der Waals surface area contributed by atoms with Crippen molar-refractivity contribution in [2.45, 2.75) is 33.1 Å². The Morgan fingerprint density at radius 2 is 0.750 bits per heavy atom. The van der Waals surface area contributed by atoms with Crippen LogP contribution in [0.25, 0.3) is 33.4 Å². The van der Waals surface area contributed by atoms with Crippen molar-refractivity contribution in [3.63, 3.8) is 0 Å². The fraction of sp³-hybridized carbons (Fsp3) is 0.119. The van der Waals surface area contributed by atoms with Crippen LogP contribution in [0.1, 0.15) is 38.8 Å². The predicted molar refractivity (Wildman–Crippen MR) is 209 cm³/mol. The molecule has 2 atom stereocenters. The highest BCUT2D eigenvalue weighted by atomic mass is 32.0. The van der Waals surface area contributed by atoms with Gasteiger partial charge in [0.15, 0.2) is 0 Å². The lowest BCUT2D eigenvalue weighted by molar-refractivity contribution is -0.115. The van der Waals surface area contributed by atoms with E-state index in [1.807, 2.05) is 121 Å². The van der Waals surface area contributed by atoms with E-state index in [-0.39, 0.29) is 22.7 Å². The zero-order valence-corrected chi connectivity index (χ0v) is 30.1. The van der Waals surface area contributed by atoms with Gasteiger partial charge in [-0.05, 0) is 72.0 Å². The molecule has 48 heavy (non-hydrogen) atoms. The highest BCUT2D eigenvalue weighted by molar-refractivity contribution is 7.92. The Morgan fingerprint density at radius 3 is 1.10 bits per heavy atom. The summed E-state index contributed by atoms with van der Waals surface area (Å²) in [4.78, 5) is 9.44. The largest absolute Gasteiger partial charge is 0.507 e. The molecule has 0 amide bonds. The number of phenols is 3. The number of rotatable bonds is 5. The minimum absolute atomic E-state index is 0.167. The van der Waals surface area contributed by atoms with E-state index < -0.39 is 0 Å². The molecule has 6 heteroatoms. The average molecular weight is 675 g/mol. The standard InChI is InChI=1S/C27H24O2.C12H10O.C3H6O.H4P2/c1-27(2,21-13-15-25(28)23(17-21)19-9-5-3-6-10-19)22-14-16-26(29)24(18-22)20-11-7-4-8-12-20;13-12-9-5-4-8-11(12)10-6-2-1-3-7-10;1-3(2)4;1-2/h3-18,28-29H,1-2H3;1-9,13H;1-2H3;1-2H2. The summed E-state index contributed by atoms with van der Waals surface area (Å²) in [6, 6.07) is 48.6. The minimum atomic E-state index is -0.311. The topological polar surface area (TPSA) is 77.8 Å². The lowest BCUT2D eigenvalue weighted by atomic mass is 9.76. The molecule has 0 bridgehead atoms. The highest BCUT2D eigenvalue weighted by Gasteiger charge is 2.25. The van der Waals surface area contributed by atoms with Crippen molar-refractivity contribution < 1.29 is 20.1 Å². The SMILES string of the molecule is CC(C)(c1ccc(O)c(-c2ccccc2)c1)c1ccc(O)c(-c2ccccc2)c1.CC(C)=O.Oc1ccccc1-c1ccccc1.PP. The summed E-state index contributed by atoms with van der Waals surface area (Å²) in [7, 11) is 4.67. The van der Waals surface area contributed by atoms with E-state index in [1.54, 1.807) is 18.2 Å². The van der Waals surface area contributed by atoms with Crippen molar-refractivity contribution >= 4 is 23.6 Å². The minimum Gasteiger partial charge on any atom is -0.507 e. The van der Waals surface area contributed by atoms with Crippen LogP contribution in [0.3, 0.4) is 0 Å². The van der Waals surface area contributed by atoms with Crippen LogP contribution in [-0.2, 0) is 10.2 Å². The Hall–Kier alpha value is -4.75. The molecule has 6 aromatic carbocycles. The number of hydrogen-bond donors (Lipinski definition) is 3. The third-order valence-corrected chi connectivity index (χ3v) is 7.59. The van der Waals surface area contributed by atoms with E-state index in [9.17, 15) is 20.1 Å². The third-order valence-electron chi connectivity index (χ3n) is 7.59. The van der Waals surface area contributed by atoms with E-state index in [1.165, 1.54) is 13.8 Å². The third kappa shape index (κ3) is 10.4. The Labute approximate surface area is 289 Å². The average Bonchev–Trinajstić information content (AvgIpc) is 3.11. The molecule has 0 aliphatic rings. The summed E-state index contributed by atoms with van der Waals surface area (Å²) in [6.45, 7) is 7.38. The zero-order valence-electron chi connectivity index (χ0n) is 27.8. The van der Waals surface area contributed by atoms with Crippen LogP contribution in [0.5, 0.6) is 17.2 Å². The summed E-state index contributed by atoms with van der Waals surface area (Å²) in [5.74, 6) is 1.03. The summed E-state index contributed by atoms with van der Waals surface area (Å²) >= 11 is 0. The van der Waals surface area contributed by atoms with Gasteiger partial charge in [-0.2, -0.15) is 0 Å². The van der Waals surface area contributed by atoms with Gasteiger partial charge in [-0.1, -0.05) is 135 Å². The van der Waals surface area contributed by atoms with E-state index in [0.29, 0.717) is 5.75 Å². The molecule has 2 unspecified atom stereocenters. The summed E-state index contributed by atoms with van der Waals surface area (Å²) in [5, 5.41) is 30.4. The zero-order chi connectivity index (χ0) is 35.1. The van der Waals surface area contributed by atoms with Gasteiger partial charge in [0, 0.05) is 22.1 Å². The van der Waals surface area contributed by atoms with Crippen LogP contribution in [-0.4, -0.2) is 21.1 Å². The lowest BCUT2D eigenvalue weighted by Crippen LogP contribution is -2.19. The number of ketones is 1. The molecule has 6 rings (SSSR count). The van der Waals surface area contributed by atoms with Crippen LogP contribution >= 0.6 is 17.9 Å². The van der Waals surface area contributed by atoms with Gasteiger partial charge in [0.1, 0.15) is 23.0 Å². The van der Waals surface area contributed by atoms with Crippen LogP contribution in [0.2, 0.25) is 0 Å². The molecule has 0 radical (unpaired) electrons. The Bertz CT molecular complexity index is 1780. The molecule has 246 valence electrons. The Balaban J connectivity index is 0.000000272. The van der Waals surface area contributed by atoms with Crippen molar-refractivity contribution in [2.24, 2.45) is 0 Å². The molecular weight excluding hydrogens is 630 g/mol. The number of Topliss-reactive ketones (excluding diaryl/α,β-unsaturated/α-hetero) is 1. The van der Waals surface area contributed by atoms with Crippen molar-refractivity contribution in [3.8, 4) is 50.6 Å². The fourth-order valence-corrected chi connectivity index (χ4v) is 5.05. The van der Waals surface area contributed by atoms with Crippen molar-refractivity contribution in [2.75, 3.05) is 0 Å². The quantitative estimate of drug-likeness (QED) is 0.159. The molecule has 0 aromatic heterocycles. The molecule has 3 N–H and O–H groups in total. The van der Waals surface area contributed by atoms with Crippen LogP contribution < -0.4 is 0 Å². The molecular formula is C42H44O4P2. The first-order valence-electron chi connectivity index (χ1n) is 15.5. The summed E-state index contributed by atoms with van der Waals surface area (Å²) < 4.78 is 0. The second-order valence-corrected chi connectivity index (χ2v) is 11.6. The number of phenolic OH excluding ortho intramolecular Hbond substituents is 3. The van der Waals surface area contributed by atoms with Gasteiger partial charge in [0.25, 0.3) is 0 Å². The van der Waals surface area contributed by atoms with E-state index >= 15 is 0 Å². The summed E-state index contributed by atoms with van der Waals surface area (Å²) in [5.41, 5.74) is 7.41. The number of para-hydroxylation sites is 1. The second-order valence-electron chi connectivity index (χ2n) is 11.6. The molecule has 0 aliphatic heterocycles. The first-order valence-corrected chi connectivity index (χ1v) is 18.2. The predicted octanol–water partition coefficient (Wildman–Crippen LogP) is 11.1. The van der Waals surface area contributed by atoms with E-state index in [0.717, 1.165) is 44.5 Å². The van der Waals surface area contributed by atoms with Crippen LogP contribution in [0.15, 0.2) is 152 Å². The maximum atomic E-state index is 10.4. The first kappa shape index (κ1) is 37.7. The van der Waals surface area contributed by atoms with Crippen molar-refractivity contribution in [3.05, 3.63) is 163 Å². The molecule has 0 saturated heterocycles. The van der Waals surface area contributed by atoms with Gasteiger partial charge in [-0.25, -0.2) is 0 Å². The maximum absolute atomic E-state index is 10.4. The summed E-state index contributed by atoms with van der Waals surface area (Å²) in [6.07, 6.45) is 0.